The van der Waals surface area contributed by atoms with Gasteiger partial charge in [-0.05, 0) is 29.7 Å². The molecule has 0 saturated carbocycles. The molecule has 2 N–H and O–H groups in total. The number of fused-ring (bicyclic) bond motifs is 2. The van der Waals surface area contributed by atoms with E-state index in [1.807, 2.05) is 24.3 Å². The zero-order valence-corrected chi connectivity index (χ0v) is 17.8. The molecule has 0 aliphatic carbocycles. The fourth-order valence-electron chi connectivity index (χ4n) is 3.36. The number of nitrogens with zero attached hydrogens (tertiary/aromatic N) is 2. The second-order valence-electron chi connectivity index (χ2n) is 6.91. The Bertz CT molecular complexity index is 1110. The van der Waals surface area contributed by atoms with Crippen LogP contribution in [0.3, 0.4) is 0 Å². The summed E-state index contributed by atoms with van der Waals surface area (Å²) in [5.74, 6) is 0. The van der Waals surface area contributed by atoms with Gasteiger partial charge in [0.15, 0.2) is 0 Å². The predicted molar refractivity (Wildman–Crippen MR) is 121 cm³/mol. The van der Waals surface area contributed by atoms with Crippen molar-refractivity contribution in [2.75, 3.05) is 45.8 Å². The van der Waals surface area contributed by atoms with Crippen molar-refractivity contribution >= 4 is 44.0 Å². The van der Waals surface area contributed by atoms with Gasteiger partial charge in [-0.15, -0.1) is 11.3 Å². The van der Waals surface area contributed by atoms with E-state index in [0.717, 1.165) is 27.0 Å². The molecule has 4 aromatic rings. The van der Waals surface area contributed by atoms with Crippen LogP contribution in [0, 0.1) is 0 Å². The number of benzene rings is 2. The molecule has 30 heavy (non-hydrogen) atoms. The van der Waals surface area contributed by atoms with Crippen LogP contribution in [-0.4, -0.2) is 61.7 Å². The lowest BCUT2D eigenvalue weighted by molar-refractivity contribution is 0.127. The number of hydrogen-bond acceptors (Lipinski definition) is 5. The van der Waals surface area contributed by atoms with Crippen molar-refractivity contribution in [1.82, 2.24) is 15.1 Å². The molecule has 2 amide bonds. The van der Waals surface area contributed by atoms with Gasteiger partial charge in [0.25, 0.3) is 0 Å². The molecular formula is C22H24N4O3S. The van der Waals surface area contributed by atoms with E-state index in [0.29, 0.717) is 26.3 Å². The van der Waals surface area contributed by atoms with Crippen molar-refractivity contribution < 1.29 is 14.3 Å². The average molecular weight is 425 g/mol. The van der Waals surface area contributed by atoms with Crippen molar-refractivity contribution in [2.24, 2.45) is 0 Å². The van der Waals surface area contributed by atoms with E-state index < -0.39 is 0 Å². The molecule has 7 nitrogen and oxygen atoms in total. The Hall–Kier alpha value is -2.94. The van der Waals surface area contributed by atoms with Gasteiger partial charge in [0.05, 0.1) is 24.9 Å². The number of hydrogen-bond donors (Lipinski definition) is 2. The number of thiophene rings is 1. The van der Waals surface area contributed by atoms with Gasteiger partial charge in [-0.25, -0.2) is 4.79 Å². The molecule has 0 fully saturated rings. The molecule has 0 aliphatic rings. The van der Waals surface area contributed by atoms with Gasteiger partial charge < -0.3 is 19.7 Å². The fraction of sp³-hybridized carbons (Fsp3) is 0.273. The van der Waals surface area contributed by atoms with Crippen LogP contribution < -0.4 is 5.32 Å². The van der Waals surface area contributed by atoms with E-state index in [4.69, 9.17) is 9.47 Å². The van der Waals surface area contributed by atoms with Gasteiger partial charge in [-0.3, -0.25) is 5.10 Å². The maximum absolute atomic E-state index is 12.9. The van der Waals surface area contributed by atoms with Crippen molar-refractivity contribution in [3.63, 3.8) is 0 Å². The van der Waals surface area contributed by atoms with Crippen LogP contribution in [0.15, 0.2) is 48.7 Å². The molecule has 2 aromatic carbocycles. The molecule has 4 rings (SSSR count). The number of aromatic nitrogens is 2. The zero-order valence-electron chi connectivity index (χ0n) is 17.0. The number of nitrogens with one attached hydrogen (secondary N) is 2. The Labute approximate surface area is 178 Å². The smallest absolute Gasteiger partial charge is 0.322 e. The number of rotatable bonds is 8. The first-order valence-corrected chi connectivity index (χ1v) is 10.5. The number of H-pyrrole nitrogens is 1. The maximum atomic E-state index is 12.9. The number of ether oxygens (including phenoxy) is 2. The lowest BCUT2D eigenvalue weighted by Crippen LogP contribution is -2.39. The molecule has 156 valence electrons. The molecule has 0 unspecified atom stereocenters. The Morgan fingerprint density at radius 3 is 2.60 bits per heavy atom. The third kappa shape index (κ3) is 4.30. The van der Waals surface area contributed by atoms with Crippen LogP contribution >= 0.6 is 11.3 Å². The first-order chi connectivity index (χ1) is 14.7. The highest BCUT2D eigenvalue weighted by Crippen LogP contribution is 2.38. The number of methoxy groups -OCH3 is 2. The molecule has 0 atom stereocenters. The molecule has 8 heteroatoms. The number of amides is 2. The van der Waals surface area contributed by atoms with Crippen molar-refractivity contribution in [2.45, 2.75) is 0 Å². The molecule has 0 spiro atoms. The number of carbonyl (C=O) groups is 1. The van der Waals surface area contributed by atoms with Crippen molar-refractivity contribution in [1.29, 1.82) is 0 Å². The summed E-state index contributed by atoms with van der Waals surface area (Å²) in [7, 11) is 3.24. The molecular weight excluding hydrogens is 400 g/mol. The lowest BCUT2D eigenvalue weighted by Gasteiger charge is -2.22. The second kappa shape index (κ2) is 9.25. The number of urea groups is 1. The minimum Gasteiger partial charge on any atom is -0.383 e. The number of carbonyl (C=O) groups excluding carboxylic acids is 1. The molecule has 2 heterocycles. The van der Waals surface area contributed by atoms with E-state index in [9.17, 15) is 4.79 Å². The quantitative estimate of drug-likeness (QED) is 0.434. The highest BCUT2D eigenvalue weighted by Gasteiger charge is 2.16. The van der Waals surface area contributed by atoms with Crippen LogP contribution in [0.4, 0.5) is 10.5 Å². The van der Waals surface area contributed by atoms with Gasteiger partial charge in [0, 0.05) is 53.5 Å². The summed E-state index contributed by atoms with van der Waals surface area (Å²) in [5, 5.41) is 12.5. The summed E-state index contributed by atoms with van der Waals surface area (Å²) in [6.07, 6.45) is 1.77. The first-order valence-electron chi connectivity index (χ1n) is 9.69. The minimum atomic E-state index is -0.186. The molecule has 0 saturated heterocycles. The largest absolute Gasteiger partial charge is 0.383 e. The van der Waals surface area contributed by atoms with E-state index >= 15 is 0 Å². The van der Waals surface area contributed by atoms with E-state index in [-0.39, 0.29) is 6.03 Å². The summed E-state index contributed by atoms with van der Waals surface area (Å²) in [4.78, 5) is 15.7. The number of anilines is 1. The summed E-state index contributed by atoms with van der Waals surface area (Å²) in [6.45, 7) is 1.90. The zero-order chi connectivity index (χ0) is 20.9. The summed E-state index contributed by atoms with van der Waals surface area (Å²) in [6, 6.07) is 14.2. The second-order valence-corrected chi connectivity index (χ2v) is 7.99. The van der Waals surface area contributed by atoms with E-state index in [2.05, 4.69) is 33.7 Å². The maximum Gasteiger partial charge on any atom is 0.322 e. The van der Waals surface area contributed by atoms with Gasteiger partial charge in [-0.2, -0.15) is 5.10 Å². The average Bonchev–Trinajstić information content (AvgIpc) is 3.40. The van der Waals surface area contributed by atoms with Crippen LogP contribution in [0.2, 0.25) is 0 Å². The van der Waals surface area contributed by atoms with Gasteiger partial charge in [-0.1, -0.05) is 18.2 Å². The molecule has 0 bridgehead atoms. The summed E-state index contributed by atoms with van der Waals surface area (Å²) in [5.41, 5.74) is 2.69. The normalized spacial score (nSPS) is 11.3. The van der Waals surface area contributed by atoms with Crippen molar-refractivity contribution in [3.8, 4) is 10.4 Å². The third-order valence-electron chi connectivity index (χ3n) is 4.91. The van der Waals surface area contributed by atoms with Crippen LogP contribution in [0.25, 0.3) is 31.4 Å². The predicted octanol–water partition coefficient (Wildman–Crippen LogP) is 4.57. The van der Waals surface area contributed by atoms with Gasteiger partial charge in [0.2, 0.25) is 0 Å². The van der Waals surface area contributed by atoms with Crippen LogP contribution in [0.1, 0.15) is 0 Å². The first kappa shape index (κ1) is 20.3. The fourth-order valence-corrected chi connectivity index (χ4v) is 4.44. The SMILES string of the molecule is COCCN(CCOC)C(=O)Nc1cc(-c2cc3ccccc3s2)c2[nH]ncc2c1. The molecule has 0 radical (unpaired) electrons. The van der Waals surface area contributed by atoms with E-state index in [1.54, 1.807) is 36.7 Å². The lowest BCUT2D eigenvalue weighted by atomic mass is 10.1. The van der Waals surface area contributed by atoms with Gasteiger partial charge in [0.1, 0.15) is 0 Å². The van der Waals surface area contributed by atoms with E-state index in [1.165, 1.54) is 10.1 Å². The summed E-state index contributed by atoms with van der Waals surface area (Å²) >= 11 is 1.72. The molecule has 2 aromatic heterocycles. The standard InChI is InChI=1S/C22H24N4O3S/c1-28-9-7-26(8-10-29-2)22(27)24-17-11-16-14-23-25-21(16)18(13-17)20-12-15-5-3-4-6-19(15)30-20/h3-6,11-14H,7-10H2,1-2H3,(H,23,25)(H,24,27). The topological polar surface area (TPSA) is 79.5 Å². The van der Waals surface area contributed by atoms with Crippen LogP contribution in [-0.2, 0) is 9.47 Å². The third-order valence-corrected chi connectivity index (χ3v) is 6.06. The van der Waals surface area contributed by atoms with Crippen molar-refractivity contribution in [3.05, 3.63) is 48.7 Å². The Morgan fingerprint density at radius 1 is 1.10 bits per heavy atom. The Balaban J connectivity index is 1.65. The monoisotopic (exact) mass is 424 g/mol. The number of aromatic amines is 1. The Morgan fingerprint density at radius 2 is 1.87 bits per heavy atom. The summed E-state index contributed by atoms with van der Waals surface area (Å²) < 4.78 is 11.5. The van der Waals surface area contributed by atoms with Gasteiger partial charge >= 0.3 is 6.03 Å². The highest BCUT2D eigenvalue weighted by molar-refractivity contribution is 7.22. The minimum absolute atomic E-state index is 0.186. The molecule has 0 aliphatic heterocycles. The Kier molecular flexibility index (Phi) is 6.27. The van der Waals surface area contributed by atoms with Crippen LogP contribution in [0.5, 0.6) is 0 Å². The highest BCUT2D eigenvalue weighted by atomic mass is 32.1.